The quantitative estimate of drug-likeness (QED) is 0.737. The van der Waals surface area contributed by atoms with Gasteiger partial charge in [0.05, 0.1) is 0 Å². The Morgan fingerprint density at radius 1 is 1.21 bits per heavy atom. The van der Waals surface area contributed by atoms with E-state index in [0.717, 1.165) is 38.4 Å². The highest BCUT2D eigenvalue weighted by Crippen LogP contribution is 2.24. The number of anilines is 1. The molecule has 148 valence electrons. The summed E-state index contributed by atoms with van der Waals surface area (Å²) in [6.45, 7) is 1.61. The highest BCUT2D eigenvalue weighted by molar-refractivity contribution is 5.82. The number of aldehydes is 1. The Labute approximate surface area is 161 Å². The van der Waals surface area contributed by atoms with Gasteiger partial charge in [-0.15, -0.1) is 0 Å². The summed E-state index contributed by atoms with van der Waals surface area (Å²) in [5.41, 5.74) is 0.840. The van der Waals surface area contributed by atoms with E-state index in [-0.39, 0.29) is 17.9 Å². The molecule has 0 atom stereocenters. The zero-order valence-corrected chi connectivity index (χ0v) is 15.2. The number of benzene rings is 1. The van der Waals surface area contributed by atoms with Gasteiger partial charge in [0, 0.05) is 37.0 Å². The van der Waals surface area contributed by atoms with Gasteiger partial charge >= 0.3 is 12.0 Å². The van der Waals surface area contributed by atoms with Crippen LogP contribution in [0.25, 0.3) is 0 Å². The van der Waals surface area contributed by atoms with E-state index in [4.69, 9.17) is 0 Å². The second kappa shape index (κ2) is 8.77. The molecule has 2 heterocycles. The van der Waals surface area contributed by atoms with Gasteiger partial charge < -0.3 is 15.0 Å². The van der Waals surface area contributed by atoms with Crippen molar-refractivity contribution >= 4 is 18.0 Å². The third kappa shape index (κ3) is 4.82. The van der Waals surface area contributed by atoms with Gasteiger partial charge in [-0.05, 0) is 37.5 Å². The molecule has 1 amide bonds. The van der Waals surface area contributed by atoms with E-state index in [2.05, 4.69) is 19.9 Å². The molecule has 2 aromatic rings. The van der Waals surface area contributed by atoms with Gasteiger partial charge in [-0.25, -0.2) is 4.98 Å². The molecular weight excluding hydrogens is 368 g/mol. The summed E-state index contributed by atoms with van der Waals surface area (Å²) in [5, 5.41) is 2.22. The summed E-state index contributed by atoms with van der Waals surface area (Å²) < 4.78 is 32.8. The van der Waals surface area contributed by atoms with Gasteiger partial charge in [-0.1, -0.05) is 18.2 Å². The second-order valence-electron chi connectivity index (χ2n) is 6.53. The molecule has 1 aromatic carbocycles. The van der Waals surface area contributed by atoms with Gasteiger partial charge in [-0.3, -0.25) is 9.59 Å². The number of pyridine rings is 1. The number of hydrogen-bond acceptors (Lipinski definition) is 5. The summed E-state index contributed by atoms with van der Waals surface area (Å²) in [6.07, 6.45) is 1.34. The lowest BCUT2D eigenvalue weighted by molar-refractivity contribution is -0.193. The largest absolute Gasteiger partial charge is 0.482 e. The van der Waals surface area contributed by atoms with Crippen molar-refractivity contribution in [3.05, 3.63) is 53.7 Å². The van der Waals surface area contributed by atoms with Crippen LogP contribution in [0.15, 0.2) is 42.6 Å². The maximum atomic E-state index is 14.1. The normalized spacial score (nSPS) is 14.4. The van der Waals surface area contributed by atoms with E-state index in [9.17, 15) is 18.4 Å². The SMILES string of the molecule is O=Cc1cccc(OC(F)(F)C(=O)NCc2cccnc2N2CCCCC2)c1. The number of nitrogens with zero attached hydrogens (tertiary/aromatic N) is 2. The number of carbonyl (C=O) groups excluding carboxylic acids is 2. The predicted molar refractivity (Wildman–Crippen MR) is 99.6 cm³/mol. The maximum Gasteiger partial charge on any atom is 0.482 e. The summed E-state index contributed by atoms with van der Waals surface area (Å²) in [6, 6.07) is 8.70. The van der Waals surface area contributed by atoms with Crippen LogP contribution in [0.5, 0.6) is 5.75 Å². The molecule has 0 unspecified atom stereocenters. The van der Waals surface area contributed by atoms with Crippen LogP contribution < -0.4 is 15.0 Å². The van der Waals surface area contributed by atoms with Crippen LogP contribution >= 0.6 is 0 Å². The maximum absolute atomic E-state index is 14.1. The zero-order chi connectivity index (χ0) is 20.0. The number of rotatable bonds is 7. The second-order valence-corrected chi connectivity index (χ2v) is 6.53. The fourth-order valence-electron chi connectivity index (χ4n) is 3.08. The molecule has 1 aromatic heterocycles. The summed E-state index contributed by atoms with van der Waals surface area (Å²) >= 11 is 0. The van der Waals surface area contributed by atoms with E-state index >= 15 is 0 Å². The van der Waals surface area contributed by atoms with Crippen LogP contribution in [-0.2, 0) is 11.3 Å². The Bertz CT molecular complexity index is 839. The van der Waals surface area contributed by atoms with Crippen molar-refractivity contribution in [2.45, 2.75) is 31.9 Å². The third-order valence-electron chi connectivity index (χ3n) is 4.47. The van der Waals surface area contributed by atoms with Crippen molar-refractivity contribution < 1.29 is 23.1 Å². The number of alkyl halides is 2. The standard InChI is InChI=1S/C20H21F2N3O3/c21-20(22,28-17-8-4-6-15(12-17)14-26)19(27)24-13-16-7-5-9-23-18(16)25-10-2-1-3-11-25/h4-9,12,14H,1-3,10-11,13H2,(H,24,27). The van der Waals surface area contributed by atoms with Crippen LogP contribution in [0.2, 0.25) is 0 Å². The number of aromatic nitrogens is 1. The highest BCUT2D eigenvalue weighted by atomic mass is 19.3. The van der Waals surface area contributed by atoms with Gasteiger partial charge in [0.25, 0.3) is 0 Å². The molecule has 8 heteroatoms. The van der Waals surface area contributed by atoms with E-state index < -0.39 is 12.0 Å². The fourth-order valence-corrected chi connectivity index (χ4v) is 3.08. The first-order valence-electron chi connectivity index (χ1n) is 9.09. The molecule has 0 saturated carbocycles. The monoisotopic (exact) mass is 389 g/mol. The van der Waals surface area contributed by atoms with E-state index in [1.54, 1.807) is 18.3 Å². The number of ether oxygens (including phenoxy) is 1. The smallest absolute Gasteiger partial charge is 0.425 e. The lowest BCUT2D eigenvalue weighted by Gasteiger charge is -2.29. The molecule has 0 aliphatic carbocycles. The number of amides is 1. The molecule has 1 saturated heterocycles. The Kier molecular flexibility index (Phi) is 6.18. The van der Waals surface area contributed by atoms with Crippen LogP contribution in [-0.4, -0.2) is 36.4 Å². The first kappa shape index (κ1) is 19.7. The van der Waals surface area contributed by atoms with Crippen LogP contribution in [0.4, 0.5) is 14.6 Å². The van der Waals surface area contributed by atoms with Crippen molar-refractivity contribution in [1.82, 2.24) is 10.3 Å². The molecule has 1 aliphatic heterocycles. The molecule has 28 heavy (non-hydrogen) atoms. The van der Waals surface area contributed by atoms with Gasteiger partial charge in [0.2, 0.25) is 0 Å². The number of nitrogens with one attached hydrogen (secondary N) is 1. The third-order valence-corrected chi connectivity index (χ3v) is 4.47. The lowest BCUT2D eigenvalue weighted by atomic mass is 10.1. The van der Waals surface area contributed by atoms with Crippen LogP contribution in [0, 0.1) is 0 Å². The molecule has 0 spiro atoms. The molecule has 1 N–H and O–H groups in total. The van der Waals surface area contributed by atoms with E-state index in [1.165, 1.54) is 18.2 Å². The van der Waals surface area contributed by atoms with E-state index in [1.807, 2.05) is 0 Å². The molecule has 0 radical (unpaired) electrons. The topological polar surface area (TPSA) is 71.5 Å². The minimum atomic E-state index is -4.07. The number of halogens is 2. The molecular formula is C20H21F2N3O3. The predicted octanol–water partition coefficient (Wildman–Crippen LogP) is 3.17. The Morgan fingerprint density at radius 2 is 2.00 bits per heavy atom. The minimum absolute atomic E-state index is 0.0914. The van der Waals surface area contributed by atoms with E-state index in [0.29, 0.717) is 17.7 Å². The van der Waals surface area contributed by atoms with Crippen molar-refractivity contribution in [2.24, 2.45) is 0 Å². The molecule has 1 aliphatic rings. The Balaban J connectivity index is 1.65. The summed E-state index contributed by atoms with van der Waals surface area (Å²) in [4.78, 5) is 29.2. The van der Waals surface area contributed by atoms with Crippen molar-refractivity contribution in [3.63, 3.8) is 0 Å². The number of piperidine rings is 1. The Morgan fingerprint density at radius 3 is 2.75 bits per heavy atom. The molecule has 3 rings (SSSR count). The zero-order valence-electron chi connectivity index (χ0n) is 15.2. The minimum Gasteiger partial charge on any atom is -0.425 e. The first-order valence-corrected chi connectivity index (χ1v) is 9.09. The average Bonchev–Trinajstić information content (AvgIpc) is 2.72. The summed E-state index contributed by atoms with van der Waals surface area (Å²) in [7, 11) is 0. The Hall–Kier alpha value is -3.03. The summed E-state index contributed by atoms with van der Waals surface area (Å²) in [5.74, 6) is -1.12. The first-order chi connectivity index (χ1) is 13.5. The average molecular weight is 389 g/mol. The molecule has 1 fully saturated rings. The van der Waals surface area contributed by atoms with Crippen LogP contribution in [0.1, 0.15) is 35.2 Å². The fraction of sp³-hybridized carbons (Fsp3) is 0.350. The highest BCUT2D eigenvalue weighted by Gasteiger charge is 2.42. The van der Waals surface area contributed by atoms with Gasteiger partial charge in [0.15, 0.2) is 0 Å². The van der Waals surface area contributed by atoms with Gasteiger partial charge in [0.1, 0.15) is 17.9 Å². The molecule has 0 bridgehead atoms. The van der Waals surface area contributed by atoms with Crippen LogP contribution in [0.3, 0.4) is 0 Å². The van der Waals surface area contributed by atoms with Gasteiger partial charge in [-0.2, -0.15) is 8.78 Å². The number of hydrogen-bond donors (Lipinski definition) is 1. The molecule has 6 nitrogen and oxygen atoms in total. The lowest BCUT2D eigenvalue weighted by Crippen LogP contribution is -2.44. The van der Waals surface area contributed by atoms with Crippen molar-refractivity contribution in [2.75, 3.05) is 18.0 Å². The number of carbonyl (C=O) groups is 2. The van der Waals surface area contributed by atoms with Crippen molar-refractivity contribution in [3.8, 4) is 5.75 Å². The van der Waals surface area contributed by atoms with Crippen molar-refractivity contribution in [1.29, 1.82) is 0 Å².